The van der Waals surface area contributed by atoms with E-state index in [-0.39, 0.29) is 5.91 Å². The Labute approximate surface area is 136 Å². The number of carbonyl (C=O) groups is 1. The van der Waals surface area contributed by atoms with Crippen LogP contribution >= 0.6 is 11.6 Å². The molecule has 1 atom stereocenters. The molecule has 0 unspecified atom stereocenters. The maximum atomic E-state index is 12.3. The van der Waals surface area contributed by atoms with Gasteiger partial charge in [-0.05, 0) is 42.7 Å². The van der Waals surface area contributed by atoms with E-state index in [4.69, 9.17) is 16.3 Å². The summed E-state index contributed by atoms with van der Waals surface area (Å²) in [7, 11) is 0. The first-order chi connectivity index (χ1) is 10.6. The van der Waals surface area contributed by atoms with Crippen molar-refractivity contribution in [3.8, 4) is 5.75 Å². The molecule has 4 heteroatoms. The molecule has 0 saturated carbocycles. The quantitative estimate of drug-likeness (QED) is 0.838. The second-order valence-corrected chi connectivity index (χ2v) is 5.39. The van der Waals surface area contributed by atoms with Crippen molar-refractivity contribution in [2.24, 2.45) is 0 Å². The minimum absolute atomic E-state index is 0.174. The maximum absolute atomic E-state index is 12.3. The average molecular weight is 318 g/mol. The van der Waals surface area contributed by atoms with Crippen molar-refractivity contribution in [3.05, 3.63) is 59.1 Å². The van der Waals surface area contributed by atoms with Crippen LogP contribution in [-0.2, 0) is 11.2 Å². The van der Waals surface area contributed by atoms with Crippen LogP contribution in [0.5, 0.6) is 5.75 Å². The van der Waals surface area contributed by atoms with Crippen molar-refractivity contribution < 1.29 is 9.53 Å². The molecule has 0 aromatic heterocycles. The first-order valence-electron chi connectivity index (χ1n) is 7.45. The van der Waals surface area contributed by atoms with Crippen LogP contribution in [0, 0.1) is 0 Å². The third kappa shape index (κ3) is 4.25. The SMILES string of the molecule is CCc1ccc(NC(=O)[C@@H](CC)Oc2ccccc2Cl)cc1. The van der Waals surface area contributed by atoms with Crippen molar-refractivity contribution in [2.75, 3.05) is 5.32 Å². The number of ether oxygens (including phenoxy) is 1. The van der Waals surface area contributed by atoms with Crippen molar-refractivity contribution in [1.29, 1.82) is 0 Å². The fourth-order valence-electron chi connectivity index (χ4n) is 2.06. The van der Waals surface area contributed by atoms with Gasteiger partial charge in [-0.3, -0.25) is 4.79 Å². The summed E-state index contributed by atoms with van der Waals surface area (Å²) in [5.41, 5.74) is 2.00. The number of benzene rings is 2. The zero-order valence-electron chi connectivity index (χ0n) is 12.8. The van der Waals surface area contributed by atoms with Crippen LogP contribution in [0.3, 0.4) is 0 Å². The highest BCUT2D eigenvalue weighted by Crippen LogP contribution is 2.25. The normalized spacial score (nSPS) is 11.8. The van der Waals surface area contributed by atoms with Crippen LogP contribution < -0.4 is 10.1 Å². The Morgan fingerprint density at radius 3 is 2.41 bits per heavy atom. The molecule has 0 saturated heterocycles. The highest BCUT2D eigenvalue weighted by atomic mass is 35.5. The minimum atomic E-state index is -0.578. The molecular weight excluding hydrogens is 298 g/mol. The van der Waals surface area contributed by atoms with Gasteiger partial charge in [0.05, 0.1) is 5.02 Å². The van der Waals surface area contributed by atoms with Gasteiger partial charge in [-0.15, -0.1) is 0 Å². The second kappa shape index (κ2) is 7.85. The van der Waals surface area contributed by atoms with Gasteiger partial charge in [0.1, 0.15) is 5.75 Å². The number of para-hydroxylation sites is 1. The smallest absolute Gasteiger partial charge is 0.265 e. The van der Waals surface area contributed by atoms with Gasteiger partial charge >= 0.3 is 0 Å². The predicted molar refractivity (Wildman–Crippen MR) is 90.6 cm³/mol. The Morgan fingerprint density at radius 1 is 1.14 bits per heavy atom. The Bertz CT molecular complexity index is 625. The van der Waals surface area contributed by atoms with E-state index in [1.165, 1.54) is 5.56 Å². The summed E-state index contributed by atoms with van der Waals surface area (Å²) in [5, 5.41) is 3.38. The summed E-state index contributed by atoms with van der Waals surface area (Å²) in [6.07, 6.45) is 0.955. The van der Waals surface area contributed by atoms with E-state index in [0.29, 0.717) is 17.2 Å². The minimum Gasteiger partial charge on any atom is -0.479 e. The number of aryl methyl sites for hydroxylation is 1. The average Bonchev–Trinajstić information content (AvgIpc) is 2.54. The molecule has 0 radical (unpaired) electrons. The third-order valence-corrected chi connectivity index (χ3v) is 3.71. The van der Waals surface area contributed by atoms with Crippen LogP contribution in [0.2, 0.25) is 5.02 Å². The molecule has 2 rings (SSSR count). The predicted octanol–water partition coefficient (Wildman–Crippen LogP) is 4.70. The van der Waals surface area contributed by atoms with Gasteiger partial charge in [0.15, 0.2) is 6.10 Å². The number of rotatable bonds is 6. The van der Waals surface area contributed by atoms with Crippen LogP contribution in [0.15, 0.2) is 48.5 Å². The van der Waals surface area contributed by atoms with E-state index in [1.54, 1.807) is 12.1 Å². The lowest BCUT2D eigenvalue weighted by molar-refractivity contribution is -0.122. The zero-order valence-corrected chi connectivity index (χ0v) is 13.6. The van der Waals surface area contributed by atoms with Crippen LogP contribution in [0.4, 0.5) is 5.69 Å². The molecule has 0 fully saturated rings. The van der Waals surface area contributed by atoms with Crippen molar-refractivity contribution >= 4 is 23.2 Å². The summed E-state index contributed by atoms with van der Waals surface area (Å²) in [5.74, 6) is 0.346. The van der Waals surface area contributed by atoms with Gasteiger partial charge in [0.2, 0.25) is 0 Å². The molecule has 22 heavy (non-hydrogen) atoms. The Hall–Kier alpha value is -2.00. The van der Waals surface area contributed by atoms with Gasteiger partial charge in [0.25, 0.3) is 5.91 Å². The van der Waals surface area contributed by atoms with E-state index < -0.39 is 6.10 Å². The van der Waals surface area contributed by atoms with Gasteiger partial charge < -0.3 is 10.1 Å². The van der Waals surface area contributed by atoms with E-state index in [1.807, 2.05) is 43.3 Å². The van der Waals surface area contributed by atoms with Gasteiger partial charge in [-0.1, -0.05) is 49.7 Å². The molecular formula is C18H20ClNO2. The first kappa shape index (κ1) is 16.4. The second-order valence-electron chi connectivity index (χ2n) is 4.98. The number of carbonyl (C=O) groups excluding carboxylic acids is 1. The standard InChI is InChI=1S/C18H20ClNO2/c1-3-13-9-11-14(12-10-13)20-18(21)16(4-2)22-17-8-6-5-7-15(17)19/h5-12,16H,3-4H2,1-2H3,(H,20,21)/t16-/m1/s1. The topological polar surface area (TPSA) is 38.3 Å². The molecule has 0 heterocycles. The van der Waals surface area contributed by atoms with E-state index in [2.05, 4.69) is 12.2 Å². The molecule has 0 aliphatic rings. The summed E-state index contributed by atoms with van der Waals surface area (Å²) >= 11 is 6.07. The summed E-state index contributed by atoms with van der Waals surface area (Å²) in [6.45, 7) is 4.00. The van der Waals surface area contributed by atoms with Gasteiger partial charge in [-0.25, -0.2) is 0 Å². The fraction of sp³-hybridized carbons (Fsp3) is 0.278. The number of anilines is 1. The highest BCUT2D eigenvalue weighted by Gasteiger charge is 2.19. The Kier molecular flexibility index (Phi) is 5.84. The molecule has 0 aliphatic heterocycles. The number of hydrogen-bond donors (Lipinski definition) is 1. The van der Waals surface area contributed by atoms with Crippen molar-refractivity contribution in [2.45, 2.75) is 32.8 Å². The maximum Gasteiger partial charge on any atom is 0.265 e. The molecule has 0 bridgehead atoms. The lowest BCUT2D eigenvalue weighted by Crippen LogP contribution is -2.32. The Morgan fingerprint density at radius 2 is 1.82 bits per heavy atom. The first-order valence-corrected chi connectivity index (χ1v) is 7.82. The number of hydrogen-bond acceptors (Lipinski definition) is 2. The zero-order chi connectivity index (χ0) is 15.9. The molecule has 116 valence electrons. The monoisotopic (exact) mass is 317 g/mol. The molecule has 3 nitrogen and oxygen atoms in total. The third-order valence-electron chi connectivity index (χ3n) is 3.40. The Balaban J connectivity index is 2.03. The van der Waals surface area contributed by atoms with Gasteiger partial charge in [0, 0.05) is 5.69 Å². The number of nitrogens with one attached hydrogen (secondary N) is 1. The number of amides is 1. The molecule has 2 aromatic carbocycles. The van der Waals surface area contributed by atoms with Crippen LogP contribution in [-0.4, -0.2) is 12.0 Å². The van der Waals surface area contributed by atoms with Crippen LogP contribution in [0.25, 0.3) is 0 Å². The number of halogens is 1. The van der Waals surface area contributed by atoms with E-state index in [9.17, 15) is 4.79 Å². The molecule has 2 aromatic rings. The summed E-state index contributed by atoms with van der Waals surface area (Å²) < 4.78 is 5.73. The lowest BCUT2D eigenvalue weighted by atomic mass is 10.1. The summed E-state index contributed by atoms with van der Waals surface area (Å²) in [6, 6.07) is 15.0. The molecule has 0 aliphatic carbocycles. The van der Waals surface area contributed by atoms with E-state index in [0.717, 1.165) is 12.1 Å². The summed E-state index contributed by atoms with van der Waals surface area (Å²) in [4.78, 5) is 12.3. The molecule has 1 amide bonds. The molecule has 1 N–H and O–H groups in total. The highest BCUT2D eigenvalue weighted by molar-refractivity contribution is 6.32. The van der Waals surface area contributed by atoms with Crippen LogP contribution in [0.1, 0.15) is 25.8 Å². The molecule has 0 spiro atoms. The van der Waals surface area contributed by atoms with Crippen molar-refractivity contribution in [1.82, 2.24) is 0 Å². The van der Waals surface area contributed by atoms with Gasteiger partial charge in [-0.2, -0.15) is 0 Å². The van der Waals surface area contributed by atoms with Crippen molar-refractivity contribution in [3.63, 3.8) is 0 Å². The van der Waals surface area contributed by atoms with E-state index >= 15 is 0 Å². The fourth-order valence-corrected chi connectivity index (χ4v) is 2.24. The largest absolute Gasteiger partial charge is 0.479 e. The lowest BCUT2D eigenvalue weighted by Gasteiger charge is -2.18.